The summed E-state index contributed by atoms with van der Waals surface area (Å²) in [5, 5.41) is 0. The predicted molar refractivity (Wildman–Crippen MR) is 85.6 cm³/mol. The number of nitrogen functional groups attached to an aromatic ring is 1. The summed E-state index contributed by atoms with van der Waals surface area (Å²) in [6, 6.07) is 8.75. The van der Waals surface area contributed by atoms with Crippen LogP contribution >= 0.6 is 0 Å². The molecule has 0 aliphatic carbocycles. The van der Waals surface area contributed by atoms with Crippen molar-refractivity contribution >= 4 is 11.4 Å². The van der Waals surface area contributed by atoms with Gasteiger partial charge in [0.15, 0.2) is 0 Å². The minimum absolute atomic E-state index is 0.0366. The van der Waals surface area contributed by atoms with Crippen molar-refractivity contribution in [1.29, 1.82) is 0 Å². The zero-order chi connectivity index (χ0) is 14.7. The normalized spacial score (nSPS) is 24.9. The van der Waals surface area contributed by atoms with Gasteiger partial charge in [-0.1, -0.05) is 6.07 Å². The van der Waals surface area contributed by atoms with Crippen molar-refractivity contribution in [3.63, 3.8) is 0 Å². The Kier molecular flexibility index (Phi) is 4.36. The summed E-state index contributed by atoms with van der Waals surface area (Å²) in [5.74, 6) is 0. The molecule has 1 unspecified atom stereocenters. The SMILES string of the molecule is CCN(c1cccc(N)c1)C1CCOC2(CCOCC2)C1. The highest BCUT2D eigenvalue weighted by Gasteiger charge is 2.40. The highest BCUT2D eigenvalue weighted by atomic mass is 16.5. The lowest BCUT2D eigenvalue weighted by Gasteiger charge is -2.47. The highest BCUT2D eigenvalue weighted by Crippen LogP contribution is 2.37. The van der Waals surface area contributed by atoms with Gasteiger partial charge in [0.25, 0.3) is 0 Å². The van der Waals surface area contributed by atoms with Crippen molar-refractivity contribution in [1.82, 2.24) is 0 Å². The van der Waals surface area contributed by atoms with E-state index >= 15 is 0 Å². The van der Waals surface area contributed by atoms with Gasteiger partial charge in [0.1, 0.15) is 0 Å². The third kappa shape index (κ3) is 3.16. The Morgan fingerprint density at radius 2 is 2.10 bits per heavy atom. The molecule has 3 rings (SSSR count). The minimum atomic E-state index is 0.0366. The number of rotatable bonds is 3. The van der Waals surface area contributed by atoms with Crippen LogP contribution in [0.5, 0.6) is 0 Å². The van der Waals surface area contributed by atoms with E-state index in [0.717, 1.165) is 57.7 Å². The first-order valence-electron chi connectivity index (χ1n) is 8.06. The molecule has 2 saturated heterocycles. The summed E-state index contributed by atoms with van der Waals surface area (Å²) in [6.45, 7) is 5.73. The first kappa shape index (κ1) is 14.7. The minimum Gasteiger partial charge on any atom is -0.399 e. The fourth-order valence-corrected chi connectivity index (χ4v) is 3.71. The van der Waals surface area contributed by atoms with Gasteiger partial charge < -0.3 is 20.1 Å². The Labute approximate surface area is 127 Å². The average Bonchev–Trinajstić information content (AvgIpc) is 2.49. The van der Waals surface area contributed by atoms with Crippen LogP contribution in [0.4, 0.5) is 11.4 Å². The van der Waals surface area contributed by atoms with E-state index < -0.39 is 0 Å². The van der Waals surface area contributed by atoms with Gasteiger partial charge >= 0.3 is 0 Å². The second kappa shape index (κ2) is 6.24. The molecule has 0 bridgehead atoms. The Bertz CT molecular complexity index is 466. The van der Waals surface area contributed by atoms with E-state index in [2.05, 4.69) is 24.0 Å². The van der Waals surface area contributed by atoms with E-state index in [4.69, 9.17) is 15.2 Å². The third-order valence-corrected chi connectivity index (χ3v) is 4.85. The number of nitrogens with zero attached hydrogens (tertiary/aromatic N) is 1. The van der Waals surface area contributed by atoms with Crippen LogP contribution in [0.25, 0.3) is 0 Å². The second-order valence-electron chi connectivity index (χ2n) is 6.17. The van der Waals surface area contributed by atoms with Crippen LogP contribution in [0.2, 0.25) is 0 Å². The van der Waals surface area contributed by atoms with Gasteiger partial charge in [0.05, 0.1) is 5.60 Å². The summed E-state index contributed by atoms with van der Waals surface area (Å²) in [4.78, 5) is 2.48. The van der Waals surface area contributed by atoms with E-state index in [9.17, 15) is 0 Å². The van der Waals surface area contributed by atoms with E-state index in [1.807, 2.05) is 12.1 Å². The summed E-state index contributed by atoms with van der Waals surface area (Å²) < 4.78 is 11.7. The molecular formula is C17H26N2O2. The molecule has 2 aliphatic rings. The van der Waals surface area contributed by atoms with Crippen LogP contribution in [-0.4, -0.2) is 38.0 Å². The van der Waals surface area contributed by atoms with Crippen LogP contribution in [-0.2, 0) is 9.47 Å². The summed E-state index contributed by atoms with van der Waals surface area (Å²) >= 11 is 0. The molecule has 1 aromatic carbocycles. The lowest BCUT2D eigenvalue weighted by atomic mass is 9.83. The zero-order valence-electron chi connectivity index (χ0n) is 12.9. The van der Waals surface area contributed by atoms with Crippen molar-refractivity contribution in [2.75, 3.05) is 37.0 Å². The largest absolute Gasteiger partial charge is 0.399 e. The molecule has 21 heavy (non-hydrogen) atoms. The molecule has 4 heteroatoms. The molecule has 0 aromatic heterocycles. The first-order valence-corrected chi connectivity index (χ1v) is 8.06. The van der Waals surface area contributed by atoms with Gasteiger partial charge in [-0.3, -0.25) is 0 Å². The molecule has 2 fully saturated rings. The molecule has 0 radical (unpaired) electrons. The molecule has 2 heterocycles. The van der Waals surface area contributed by atoms with Crippen LogP contribution in [0.1, 0.15) is 32.6 Å². The smallest absolute Gasteiger partial charge is 0.0745 e. The van der Waals surface area contributed by atoms with Gasteiger partial charge in [-0.05, 0) is 50.8 Å². The van der Waals surface area contributed by atoms with E-state index in [1.165, 1.54) is 5.69 Å². The van der Waals surface area contributed by atoms with Crippen molar-refractivity contribution in [3.05, 3.63) is 24.3 Å². The second-order valence-corrected chi connectivity index (χ2v) is 6.17. The van der Waals surface area contributed by atoms with Crippen LogP contribution in [0.15, 0.2) is 24.3 Å². The molecule has 116 valence electrons. The molecule has 2 aliphatic heterocycles. The Hall–Kier alpha value is -1.26. The Morgan fingerprint density at radius 1 is 1.29 bits per heavy atom. The van der Waals surface area contributed by atoms with Gasteiger partial charge in [-0.15, -0.1) is 0 Å². The Balaban J connectivity index is 1.77. The van der Waals surface area contributed by atoms with Gasteiger partial charge in [-0.2, -0.15) is 0 Å². The lowest BCUT2D eigenvalue weighted by Crippen LogP contribution is -2.51. The van der Waals surface area contributed by atoms with Crippen molar-refractivity contribution < 1.29 is 9.47 Å². The predicted octanol–water partition coefficient (Wildman–Crippen LogP) is 2.82. The molecule has 2 N–H and O–H groups in total. The Morgan fingerprint density at radius 3 is 2.81 bits per heavy atom. The topological polar surface area (TPSA) is 47.7 Å². The van der Waals surface area contributed by atoms with Crippen LogP contribution in [0, 0.1) is 0 Å². The van der Waals surface area contributed by atoms with E-state index in [-0.39, 0.29) is 5.60 Å². The number of nitrogens with two attached hydrogens (primary N) is 1. The van der Waals surface area contributed by atoms with Gasteiger partial charge in [0, 0.05) is 43.8 Å². The molecule has 0 amide bonds. The van der Waals surface area contributed by atoms with Gasteiger partial charge in [0.2, 0.25) is 0 Å². The number of benzene rings is 1. The number of hydrogen-bond acceptors (Lipinski definition) is 4. The van der Waals surface area contributed by atoms with Crippen molar-refractivity contribution in [2.45, 2.75) is 44.2 Å². The maximum absolute atomic E-state index is 6.16. The monoisotopic (exact) mass is 290 g/mol. The quantitative estimate of drug-likeness (QED) is 0.870. The van der Waals surface area contributed by atoms with Crippen molar-refractivity contribution in [2.24, 2.45) is 0 Å². The molecule has 4 nitrogen and oxygen atoms in total. The van der Waals surface area contributed by atoms with E-state index in [1.54, 1.807) is 0 Å². The van der Waals surface area contributed by atoms with Gasteiger partial charge in [-0.25, -0.2) is 0 Å². The summed E-state index contributed by atoms with van der Waals surface area (Å²) in [7, 11) is 0. The van der Waals surface area contributed by atoms with E-state index in [0.29, 0.717) is 6.04 Å². The number of ether oxygens (including phenoxy) is 2. The summed E-state index contributed by atoms with van der Waals surface area (Å²) in [5.41, 5.74) is 8.05. The third-order valence-electron chi connectivity index (χ3n) is 4.85. The fraction of sp³-hybridized carbons (Fsp3) is 0.647. The molecule has 1 atom stereocenters. The molecule has 1 spiro atoms. The summed E-state index contributed by atoms with van der Waals surface area (Å²) in [6.07, 6.45) is 4.24. The molecule has 0 saturated carbocycles. The lowest BCUT2D eigenvalue weighted by molar-refractivity contribution is -0.137. The first-order chi connectivity index (χ1) is 10.2. The van der Waals surface area contributed by atoms with Crippen molar-refractivity contribution in [3.8, 4) is 0 Å². The molecule has 1 aromatic rings. The maximum Gasteiger partial charge on any atom is 0.0745 e. The number of hydrogen-bond donors (Lipinski definition) is 1. The number of anilines is 2. The highest BCUT2D eigenvalue weighted by molar-refractivity contribution is 5.56. The average molecular weight is 290 g/mol. The fourth-order valence-electron chi connectivity index (χ4n) is 3.71. The molecular weight excluding hydrogens is 264 g/mol. The zero-order valence-corrected chi connectivity index (χ0v) is 12.9. The van der Waals surface area contributed by atoms with Crippen LogP contribution in [0.3, 0.4) is 0 Å². The van der Waals surface area contributed by atoms with Crippen LogP contribution < -0.4 is 10.6 Å². The standard InChI is InChI=1S/C17H26N2O2/c1-2-19(15-5-3-4-14(18)12-15)16-6-9-21-17(13-16)7-10-20-11-8-17/h3-5,12,16H,2,6-11,13,18H2,1H3. The maximum atomic E-state index is 6.16.